The van der Waals surface area contributed by atoms with Crippen molar-refractivity contribution >= 4 is 13.8 Å². The van der Waals surface area contributed by atoms with E-state index in [1.807, 2.05) is 6.08 Å². The van der Waals surface area contributed by atoms with Crippen LogP contribution in [0, 0.1) is 0 Å². The number of hydrogen-bond acceptors (Lipinski definition) is 7. The summed E-state index contributed by atoms with van der Waals surface area (Å²) in [5.74, 6) is -0.304. The van der Waals surface area contributed by atoms with Crippen LogP contribution in [0.4, 0.5) is 0 Å². The van der Waals surface area contributed by atoms with Crippen LogP contribution in [-0.4, -0.2) is 43.3 Å². The second-order valence-corrected chi connectivity index (χ2v) is 14.3. The highest BCUT2D eigenvalue weighted by molar-refractivity contribution is 7.47. The lowest BCUT2D eigenvalue weighted by atomic mass is 10.0. The molecule has 0 aliphatic heterocycles. The third-order valence-electron chi connectivity index (χ3n) is 8.15. The van der Waals surface area contributed by atoms with Gasteiger partial charge in [-0.25, -0.2) is 4.57 Å². The number of rotatable bonds is 37. The van der Waals surface area contributed by atoms with Crippen molar-refractivity contribution in [3.8, 4) is 0 Å². The first-order valence-corrected chi connectivity index (χ1v) is 21.0. The van der Waals surface area contributed by atoms with Gasteiger partial charge in [0.15, 0.2) is 6.10 Å². The molecule has 8 nitrogen and oxygen atoms in total. The predicted octanol–water partition coefficient (Wildman–Crippen LogP) is 11.4. The lowest BCUT2D eigenvalue weighted by molar-refractivity contribution is -0.147. The average molecular weight is 700 g/mol. The van der Waals surface area contributed by atoms with Crippen molar-refractivity contribution in [3.05, 3.63) is 36.6 Å². The molecule has 3 N–H and O–H groups in total. The van der Waals surface area contributed by atoms with E-state index in [9.17, 15) is 14.3 Å². The molecule has 0 fully saturated rings. The van der Waals surface area contributed by atoms with Crippen LogP contribution in [0.1, 0.15) is 174 Å². The average Bonchev–Trinajstić information content (AvgIpc) is 3.08. The Morgan fingerprint density at radius 2 is 1.12 bits per heavy atom. The van der Waals surface area contributed by atoms with Crippen LogP contribution in [0.3, 0.4) is 0 Å². The smallest absolute Gasteiger partial charge is 0.472 e. The quantitative estimate of drug-likeness (QED) is 0.0216. The second-order valence-electron chi connectivity index (χ2n) is 12.9. The Morgan fingerprint density at radius 3 is 1.69 bits per heavy atom. The summed E-state index contributed by atoms with van der Waals surface area (Å²) in [4.78, 5) is 22.2. The molecule has 0 bridgehead atoms. The van der Waals surface area contributed by atoms with E-state index in [0.29, 0.717) is 6.42 Å². The predicted molar refractivity (Wildman–Crippen MR) is 201 cm³/mol. The Balaban J connectivity index is 4.15. The van der Waals surface area contributed by atoms with Crippen LogP contribution in [0.15, 0.2) is 36.6 Å². The third kappa shape index (κ3) is 35.9. The number of ether oxygens (including phenoxy) is 2. The van der Waals surface area contributed by atoms with Gasteiger partial charge in [-0.05, 0) is 57.4 Å². The summed E-state index contributed by atoms with van der Waals surface area (Å²) < 4.78 is 33.1. The Labute approximate surface area is 295 Å². The molecule has 0 saturated heterocycles. The maximum atomic E-state index is 12.3. The summed E-state index contributed by atoms with van der Waals surface area (Å²) in [5.41, 5.74) is 5.35. The van der Waals surface area contributed by atoms with E-state index in [0.717, 1.165) is 57.8 Å². The van der Waals surface area contributed by atoms with Crippen LogP contribution in [0.5, 0.6) is 0 Å². The largest absolute Gasteiger partial charge is 0.492 e. The van der Waals surface area contributed by atoms with E-state index < -0.39 is 13.9 Å². The minimum Gasteiger partial charge on any atom is -0.492 e. The number of carbonyl (C=O) groups excluding carboxylic acids is 1. The van der Waals surface area contributed by atoms with Gasteiger partial charge < -0.3 is 20.1 Å². The summed E-state index contributed by atoms with van der Waals surface area (Å²) in [6.45, 7) is 4.17. The number of allylic oxidation sites excluding steroid dienone is 5. The van der Waals surface area contributed by atoms with Crippen LogP contribution >= 0.6 is 7.82 Å². The summed E-state index contributed by atoms with van der Waals surface area (Å²) in [6, 6.07) is 0. The molecule has 0 aromatic rings. The van der Waals surface area contributed by atoms with Crippen molar-refractivity contribution in [3.63, 3.8) is 0 Å². The first kappa shape index (κ1) is 46.6. The van der Waals surface area contributed by atoms with Crippen LogP contribution in [-0.2, 0) is 27.9 Å². The zero-order valence-corrected chi connectivity index (χ0v) is 31.9. The summed E-state index contributed by atoms with van der Waals surface area (Å²) in [6.07, 6.45) is 41.1. The van der Waals surface area contributed by atoms with E-state index in [1.165, 1.54) is 96.3 Å². The van der Waals surface area contributed by atoms with Crippen molar-refractivity contribution in [1.82, 2.24) is 0 Å². The van der Waals surface area contributed by atoms with E-state index in [-0.39, 0.29) is 32.3 Å². The van der Waals surface area contributed by atoms with Gasteiger partial charge in [-0.2, -0.15) is 0 Å². The van der Waals surface area contributed by atoms with Crippen LogP contribution in [0.25, 0.3) is 0 Å². The molecule has 0 aromatic heterocycles. The van der Waals surface area contributed by atoms with E-state index in [4.69, 9.17) is 24.3 Å². The Morgan fingerprint density at radius 1 is 0.646 bits per heavy atom. The number of phosphoric ester groups is 1. The number of nitrogens with two attached hydrogens (primary N) is 1. The van der Waals surface area contributed by atoms with Gasteiger partial charge in [0.25, 0.3) is 0 Å². The highest BCUT2D eigenvalue weighted by Gasteiger charge is 2.24. The monoisotopic (exact) mass is 700 g/mol. The molecule has 0 aromatic carbocycles. The number of carbonyl (C=O) groups is 1. The molecule has 48 heavy (non-hydrogen) atoms. The minimum atomic E-state index is -4.26. The Hall–Kier alpha value is -1.44. The molecule has 0 aliphatic rings. The normalized spacial score (nSPS) is 13.9. The zero-order chi connectivity index (χ0) is 35.2. The molecule has 0 spiro atoms. The van der Waals surface area contributed by atoms with Crippen molar-refractivity contribution in [2.45, 2.75) is 180 Å². The number of hydrogen-bond donors (Lipinski definition) is 2. The summed E-state index contributed by atoms with van der Waals surface area (Å²) in [7, 11) is -4.26. The van der Waals surface area contributed by atoms with Gasteiger partial charge in [0.1, 0.15) is 6.61 Å². The second kappa shape index (κ2) is 36.8. The maximum absolute atomic E-state index is 12.3. The highest BCUT2D eigenvalue weighted by atomic mass is 31.2. The van der Waals surface area contributed by atoms with Crippen molar-refractivity contribution in [2.75, 3.05) is 26.4 Å². The van der Waals surface area contributed by atoms with Crippen molar-refractivity contribution in [1.29, 1.82) is 0 Å². The number of phosphoric acid groups is 1. The lowest BCUT2D eigenvalue weighted by Crippen LogP contribution is -2.25. The van der Waals surface area contributed by atoms with Gasteiger partial charge in [-0.3, -0.25) is 13.8 Å². The summed E-state index contributed by atoms with van der Waals surface area (Å²) >= 11 is 0. The Bertz CT molecular complexity index is 833. The molecule has 9 heteroatoms. The third-order valence-corrected chi connectivity index (χ3v) is 9.13. The number of unbranched alkanes of at least 4 members (excludes halogenated alkanes) is 20. The number of esters is 1. The standard InChI is InChI=1S/C39H74NO7P/c1-3-5-7-9-11-13-15-17-19-20-22-24-26-28-30-32-39(41)45-36-38(37-47-48(42,43)46-35-33-40)44-34-31-29-27-25-23-21-18-16-14-12-10-8-6-4-2/h11,13,17,19,31,34,38H,3-10,12,14-16,18,20-30,32-33,35-37,40H2,1-2H3,(H,42,43)/t38-/m1/s1. The zero-order valence-electron chi connectivity index (χ0n) is 31.0. The fraction of sp³-hybridized carbons (Fsp3) is 0.821. The molecule has 0 aliphatic carbocycles. The highest BCUT2D eigenvalue weighted by Crippen LogP contribution is 2.43. The molecule has 282 valence electrons. The molecule has 2 atom stereocenters. The molecule has 0 radical (unpaired) electrons. The van der Waals surface area contributed by atoms with Crippen molar-refractivity contribution < 1.29 is 32.8 Å². The fourth-order valence-electron chi connectivity index (χ4n) is 5.19. The molecular formula is C39H74NO7P. The maximum Gasteiger partial charge on any atom is 0.472 e. The lowest BCUT2D eigenvalue weighted by Gasteiger charge is -2.19. The first-order chi connectivity index (χ1) is 23.4. The van der Waals surface area contributed by atoms with Gasteiger partial charge in [0.2, 0.25) is 0 Å². The van der Waals surface area contributed by atoms with E-state index in [1.54, 1.807) is 6.26 Å². The van der Waals surface area contributed by atoms with Gasteiger partial charge in [-0.15, -0.1) is 0 Å². The first-order valence-electron chi connectivity index (χ1n) is 19.5. The molecular weight excluding hydrogens is 625 g/mol. The summed E-state index contributed by atoms with van der Waals surface area (Å²) in [5, 5.41) is 0. The van der Waals surface area contributed by atoms with Gasteiger partial charge in [0, 0.05) is 13.0 Å². The molecule has 0 saturated carbocycles. The van der Waals surface area contributed by atoms with Crippen LogP contribution < -0.4 is 5.73 Å². The molecule has 0 rings (SSSR count). The van der Waals surface area contributed by atoms with Crippen LogP contribution in [0.2, 0.25) is 0 Å². The molecule has 0 amide bonds. The van der Waals surface area contributed by atoms with Gasteiger partial charge in [0.05, 0.1) is 19.5 Å². The van der Waals surface area contributed by atoms with Gasteiger partial charge in [-0.1, -0.05) is 141 Å². The molecule has 0 heterocycles. The van der Waals surface area contributed by atoms with E-state index >= 15 is 0 Å². The topological polar surface area (TPSA) is 117 Å². The van der Waals surface area contributed by atoms with Crippen molar-refractivity contribution in [2.24, 2.45) is 5.73 Å². The minimum absolute atomic E-state index is 0.0705. The fourth-order valence-corrected chi connectivity index (χ4v) is 5.95. The SMILES string of the molecule is CCCCCC=CCC=CCCCCCCCC(=O)OC[C@H](COP(=O)(O)OCCN)OC=CCCCCCCCCCCCCCC. The van der Waals surface area contributed by atoms with Gasteiger partial charge >= 0.3 is 13.8 Å². The Kier molecular flexibility index (Phi) is 35.7. The molecule has 1 unspecified atom stereocenters. The van der Waals surface area contributed by atoms with E-state index in [2.05, 4.69) is 38.2 Å².